The molecule has 1 aromatic carbocycles. The molecular formula is C14H14BrN5. The maximum atomic E-state index is 6.18. The minimum Gasteiger partial charge on any atom is -0.383 e. The predicted octanol–water partition coefficient (Wildman–Crippen LogP) is 2.83. The van der Waals surface area contributed by atoms with E-state index in [1.54, 1.807) is 9.36 Å². The smallest absolute Gasteiger partial charge is 0.129 e. The van der Waals surface area contributed by atoms with Crippen molar-refractivity contribution in [2.75, 3.05) is 5.73 Å². The van der Waals surface area contributed by atoms with E-state index in [0.717, 1.165) is 27.0 Å². The van der Waals surface area contributed by atoms with Gasteiger partial charge >= 0.3 is 0 Å². The molecule has 2 aromatic heterocycles. The van der Waals surface area contributed by atoms with Gasteiger partial charge in [0, 0.05) is 24.8 Å². The van der Waals surface area contributed by atoms with E-state index < -0.39 is 0 Å². The molecule has 0 saturated carbocycles. The number of rotatable bonds is 2. The van der Waals surface area contributed by atoms with Gasteiger partial charge in [-0.15, -0.1) is 0 Å². The lowest BCUT2D eigenvalue weighted by molar-refractivity contribution is 0.760. The standard InChI is InChI=1S/C14H14BrN5/c1-19-7-6-11(17-19)13-12(14(16)20(2)18-13)9-4-3-5-10(15)8-9/h3-8H,16H2,1-2H3. The molecule has 0 aliphatic rings. The van der Waals surface area contributed by atoms with E-state index in [9.17, 15) is 0 Å². The Morgan fingerprint density at radius 3 is 2.60 bits per heavy atom. The van der Waals surface area contributed by atoms with Gasteiger partial charge in [-0.2, -0.15) is 10.2 Å². The number of nitrogens with two attached hydrogens (primary N) is 1. The van der Waals surface area contributed by atoms with Gasteiger partial charge in [-0.05, 0) is 23.8 Å². The van der Waals surface area contributed by atoms with Crippen LogP contribution in [0.5, 0.6) is 0 Å². The molecule has 0 radical (unpaired) electrons. The van der Waals surface area contributed by atoms with Crippen molar-refractivity contribution >= 4 is 21.7 Å². The number of nitrogens with zero attached hydrogens (tertiary/aromatic N) is 4. The van der Waals surface area contributed by atoms with Crippen LogP contribution in [-0.2, 0) is 14.1 Å². The van der Waals surface area contributed by atoms with Crippen molar-refractivity contribution in [1.82, 2.24) is 19.6 Å². The molecule has 3 aromatic rings. The maximum absolute atomic E-state index is 6.18. The summed E-state index contributed by atoms with van der Waals surface area (Å²) in [5.41, 5.74) is 9.72. The van der Waals surface area contributed by atoms with Crippen molar-refractivity contribution < 1.29 is 0 Å². The van der Waals surface area contributed by atoms with Gasteiger partial charge in [0.2, 0.25) is 0 Å². The first-order valence-electron chi connectivity index (χ1n) is 6.14. The summed E-state index contributed by atoms with van der Waals surface area (Å²) < 4.78 is 4.44. The van der Waals surface area contributed by atoms with Gasteiger partial charge in [0.25, 0.3) is 0 Å². The van der Waals surface area contributed by atoms with Gasteiger partial charge in [-0.1, -0.05) is 28.1 Å². The van der Waals surface area contributed by atoms with Crippen molar-refractivity contribution in [3.8, 4) is 22.5 Å². The molecule has 2 heterocycles. The molecule has 0 saturated heterocycles. The van der Waals surface area contributed by atoms with Crippen molar-refractivity contribution in [2.45, 2.75) is 0 Å². The van der Waals surface area contributed by atoms with Crippen molar-refractivity contribution in [2.24, 2.45) is 14.1 Å². The Labute approximate surface area is 125 Å². The van der Waals surface area contributed by atoms with Crippen LogP contribution in [0.25, 0.3) is 22.5 Å². The summed E-state index contributed by atoms with van der Waals surface area (Å²) in [7, 11) is 3.72. The number of nitrogen functional groups attached to an aromatic ring is 1. The Balaban J connectivity index is 2.24. The van der Waals surface area contributed by atoms with Gasteiger partial charge in [-0.25, -0.2) is 0 Å². The third-order valence-corrected chi connectivity index (χ3v) is 3.65. The SMILES string of the molecule is Cn1ccc(-c2nn(C)c(N)c2-c2cccc(Br)c2)n1. The minimum atomic E-state index is 0.628. The average molecular weight is 332 g/mol. The highest BCUT2D eigenvalue weighted by atomic mass is 79.9. The van der Waals surface area contributed by atoms with E-state index in [0.29, 0.717) is 5.82 Å². The van der Waals surface area contributed by atoms with Crippen LogP contribution in [0.2, 0.25) is 0 Å². The average Bonchev–Trinajstić information content (AvgIpc) is 2.95. The number of anilines is 1. The Morgan fingerprint density at radius 2 is 1.95 bits per heavy atom. The number of hydrogen-bond donors (Lipinski definition) is 1. The molecule has 0 aliphatic heterocycles. The molecule has 0 fully saturated rings. The molecule has 5 nitrogen and oxygen atoms in total. The Kier molecular flexibility index (Phi) is 3.10. The van der Waals surface area contributed by atoms with E-state index in [4.69, 9.17) is 5.73 Å². The number of aryl methyl sites for hydroxylation is 2. The molecule has 20 heavy (non-hydrogen) atoms. The fourth-order valence-electron chi connectivity index (χ4n) is 2.19. The zero-order valence-corrected chi connectivity index (χ0v) is 12.8. The topological polar surface area (TPSA) is 61.7 Å². The van der Waals surface area contributed by atoms with E-state index in [2.05, 4.69) is 26.1 Å². The minimum absolute atomic E-state index is 0.628. The highest BCUT2D eigenvalue weighted by Crippen LogP contribution is 2.35. The summed E-state index contributed by atoms with van der Waals surface area (Å²) in [6.45, 7) is 0. The van der Waals surface area contributed by atoms with Crippen molar-refractivity contribution in [3.63, 3.8) is 0 Å². The first-order valence-corrected chi connectivity index (χ1v) is 6.94. The Morgan fingerprint density at radius 1 is 1.15 bits per heavy atom. The molecule has 0 amide bonds. The molecule has 0 unspecified atom stereocenters. The summed E-state index contributed by atoms with van der Waals surface area (Å²) in [4.78, 5) is 0. The first-order chi connectivity index (χ1) is 9.56. The lowest BCUT2D eigenvalue weighted by Crippen LogP contribution is -1.97. The molecule has 2 N–H and O–H groups in total. The summed E-state index contributed by atoms with van der Waals surface area (Å²) in [6, 6.07) is 9.94. The number of benzene rings is 1. The lowest BCUT2D eigenvalue weighted by atomic mass is 10.0. The summed E-state index contributed by atoms with van der Waals surface area (Å²) >= 11 is 3.49. The number of halogens is 1. The van der Waals surface area contributed by atoms with E-state index in [1.807, 2.05) is 50.6 Å². The fourth-order valence-corrected chi connectivity index (χ4v) is 2.59. The monoisotopic (exact) mass is 331 g/mol. The van der Waals surface area contributed by atoms with E-state index >= 15 is 0 Å². The number of hydrogen-bond acceptors (Lipinski definition) is 3. The van der Waals surface area contributed by atoms with Gasteiger partial charge < -0.3 is 5.73 Å². The van der Waals surface area contributed by atoms with E-state index in [1.165, 1.54) is 0 Å². The molecule has 6 heteroatoms. The first kappa shape index (κ1) is 12.9. The van der Waals surface area contributed by atoms with Gasteiger partial charge in [0.15, 0.2) is 0 Å². The quantitative estimate of drug-likeness (QED) is 0.785. The van der Waals surface area contributed by atoms with Crippen molar-refractivity contribution in [3.05, 3.63) is 41.0 Å². The molecule has 0 atom stereocenters. The van der Waals surface area contributed by atoms with E-state index in [-0.39, 0.29) is 0 Å². The molecule has 3 rings (SSSR count). The third kappa shape index (κ3) is 2.12. The van der Waals surface area contributed by atoms with Crippen LogP contribution in [0.3, 0.4) is 0 Å². The summed E-state index contributed by atoms with van der Waals surface area (Å²) in [5, 5.41) is 8.92. The van der Waals surface area contributed by atoms with Gasteiger partial charge in [0.05, 0.1) is 5.56 Å². The van der Waals surface area contributed by atoms with Crippen LogP contribution in [0.15, 0.2) is 41.0 Å². The van der Waals surface area contributed by atoms with Crippen LogP contribution in [-0.4, -0.2) is 19.6 Å². The molecule has 0 aliphatic carbocycles. The summed E-state index contributed by atoms with van der Waals surface area (Å²) in [6.07, 6.45) is 1.89. The van der Waals surface area contributed by atoms with Crippen LogP contribution in [0, 0.1) is 0 Å². The largest absolute Gasteiger partial charge is 0.383 e. The van der Waals surface area contributed by atoms with Gasteiger partial charge in [0.1, 0.15) is 17.2 Å². The fraction of sp³-hybridized carbons (Fsp3) is 0.143. The second-order valence-electron chi connectivity index (χ2n) is 4.62. The Bertz CT molecular complexity index is 772. The predicted molar refractivity (Wildman–Crippen MR) is 83.0 cm³/mol. The second-order valence-corrected chi connectivity index (χ2v) is 5.53. The highest BCUT2D eigenvalue weighted by Gasteiger charge is 2.19. The molecular weight excluding hydrogens is 318 g/mol. The second kappa shape index (κ2) is 4.79. The van der Waals surface area contributed by atoms with Crippen LogP contribution >= 0.6 is 15.9 Å². The third-order valence-electron chi connectivity index (χ3n) is 3.16. The van der Waals surface area contributed by atoms with Crippen molar-refractivity contribution in [1.29, 1.82) is 0 Å². The lowest BCUT2D eigenvalue weighted by Gasteiger charge is -2.03. The van der Waals surface area contributed by atoms with Gasteiger partial charge in [-0.3, -0.25) is 9.36 Å². The molecule has 0 spiro atoms. The van der Waals surface area contributed by atoms with Crippen LogP contribution in [0.1, 0.15) is 0 Å². The normalized spacial score (nSPS) is 10.9. The van der Waals surface area contributed by atoms with Crippen LogP contribution < -0.4 is 5.73 Å². The molecule has 102 valence electrons. The number of aromatic nitrogens is 4. The highest BCUT2D eigenvalue weighted by molar-refractivity contribution is 9.10. The summed E-state index contributed by atoms with van der Waals surface area (Å²) in [5.74, 6) is 0.628. The molecule has 0 bridgehead atoms. The zero-order valence-electron chi connectivity index (χ0n) is 11.2. The maximum Gasteiger partial charge on any atom is 0.129 e. The van der Waals surface area contributed by atoms with Crippen LogP contribution in [0.4, 0.5) is 5.82 Å². The Hall–Kier alpha value is -2.08. The zero-order chi connectivity index (χ0) is 14.3.